The van der Waals surface area contributed by atoms with E-state index < -0.39 is 26.6 Å². The number of allylic oxidation sites excluding steroid dienone is 4. The van der Waals surface area contributed by atoms with Gasteiger partial charge in [0.15, 0.2) is 0 Å². The van der Waals surface area contributed by atoms with Gasteiger partial charge in [0, 0.05) is 0 Å². The molecule has 1 aliphatic carbocycles. The van der Waals surface area contributed by atoms with Gasteiger partial charge in [0.05, 0.1) is 0 Å². The van der Waals surface area contributed by atoms with Gasteiger partial charge in [-0.3, -0.25) is 0 Å². The van der Waals surface area contributed by atoms with Crippen molar-refractivity contribution in [3.05, 3.63) is 21.5 Å². The van der Waals surface area contributed by atoms with Crippen molar-refractivity contribution >= 4 is 40.0 Å². The SMILES string of the molecule is CC[O][Zr]([CH3])(=[SiH2])([O][Si](C)(C)C)[C]1=CC=CC1.Cl.Cl. The maximum absolute atomic E-state index is 6.57. The molecule has 1 rings (SSSR count). The van der Waals surface area contributed by atoms with Crippen LogP contribution in [0, 0.1) is 0 Å². The molecule has 0 unspecified atom stereocenters. The Kier molecular flexibility index (Phi) is 8.81. The van der Waals surface area contributed by atoms with E-state index in [1.54, 1.807) is 0 Å². The third-order valence-electron chi connectivity index (χ3n) is 2.68. The Morgan fingerprint density at radius 2 is 1.89 bits per heavy atom. The van der Waals surface area contributed by atoms with Crippen LogP contribution >= 0.6 is 24.8 Å². The molecular formula is C11H26Cl2O2Si2Zr. The summed E-state index contributed by atoms with van der Waals surface area (Å²) in [6.45, 7) is 11.6. The van der Waals surface area contributed by atoms with Gasteiger partial charge in [0.25, 0.3) is 0 Å². The minimum atomic E-state index is -3.51. The number of hydrogen-bond donors (Lipinski definition) is 0. The van der Waals surface area contributed by atoms with Crippen LogP contribution in [-0.2, 0) is 23.6 Å². The van der Waals surface area contributed by atoms with Gasteiger partial charge >= 0.3 is 105 Å². The maximum Gasteiger partial charge on any atom is -0.147 e. The Morgan fingerprint density at radius 3 is 2.22 bits per heavy atom. The summed E-state index contributed by atoms with van der Waals surface area (Å²) in [5, 5.41) is 0. The van der Waals surface area contributed by atoms with E-state index >= 15 is 0 Å². The molecule has 108 valence electrons. The molecule has 0 amide bonds. The molecular weight excluding hydrogens is 382 g/mol. The second kappa shape index (κ2) is 7.35. The van der Waals surface area contributed by atoms with Crippen molar-refractivity contribution in [3.8, 4) is 0 Å². The molecule has 0 bridgehead atoms. The number of hydrogen-bond acceptors (Lipinski definition) is 2. The molecule has 0 aliphatic heterocycles. The zero-order chi connectivity index (χ0) is 12.5. The molecule has 2 nitrogen and oxygen atoms in total. The van der Waals surface area contributed by atoms with Crippen LogP contribution in [0.3, 0.4) is 0 Å². The summed E-state index contributed by atoms with van der Waals surface area (Å²) in [7, 11) is -1.56. The van der Waals surface area contributed by atoms with Gasteiger partial charge in [-0.15, -0.1) is 24.8 Å². The zero-order valence-corrected chi connectivity index (χ0v) is 18.5. The summed E-state index contributed by atoms with van der Waals surface area (Å²) in [6, 6.07) is 0. The molecule has 1 aliphatic rings. The summed E-state index contributed by atoms with van der Waals surface area (Å²) in [6.07, 6.45) is 7.57. The fraction of sp³-hybridized carbons (Fsp3) is 0.636. The van der Waals surface area contributed by atoms with Crippen LogP contribution < -0.4 is 0 Å². The fourth-order valence-corrected chi connectivity index (χ4v) is 32.9. The van der Waals surface area contributed by atoms with Crippen molar-refractivity contribution in [3.63, 3.8) is 0 Å². The van der Waals surface area contributed by atoms with E-state index in [0.717, 1.165) is 13.0 Å². The molecule has 0 heterocycles. The quantitative estimate of drug-likeness (QED) is 0.646. The van der Waals surface area contributed by atoms with E-state index in [0.29, 0.717) is 0 Å². The molecule has 0 aromatic heterocycles. The average molecular weight is 409 g/mol. The molecule has 18 heavy (non-hydrogen) atoms. The fourth-order valence-electron chi connectivity index (χ4n) is 2.28. The van der Waals surface area contributed by atoms with Crippen molar-refractivity contribution in [2.75, 3.05) is 6.61 Å². The summed E-state index contributed by atoms with van der Waals surface area (Å²) < 4.78 is 16.5. The first-order chi connectivity index (χ1) is 7.16. The molecule has 0 atom stereocenters. The molecule has 0 aromatic carbocycles. The van der Waals surface area contributed by atoms with Crippen LogP contribution in [0.15, 0.2) is 21.5 Å². The molecule has 0 saturated heterocycles. The summed E-state index contributed by atoms with van der Waals surface area (Å²) in [4.78, 5) is 0. The zero-order valence-electron chi connectivity index (χ0n) is 12.0. The van der Waals surface area contributed by atoms with E-state index in [-0.39, 0.29) is 24.8 Å². The van der Waals surface area contributed by atoms with Gasteiger partial charge in [-0.2, -0.15) is 0 Å². The van der Waals surface area contributed by atoms with Crippen LogP contribution in [0.1, 0.15) is 13.3 Å². The van der Waals surface area contributed by atoms with Crippen LogP contribution in [0.5, 0.6) is 0 Å². The van der Waals surface area contributed by atoms with E-state index in [4.69, 9.17) is 5.32 Å². The molecule has 0 N–H and O–H groups in total. The number of halogens is 2. The van der Waals surface area contributed by atoms with Crippen molar-refractivity contribution in [1.29, 1.82) is 0 Å². The third kappa shape index (κ3) is 5.74. The largest absolute Gasteiger partial charge is 0.147 e. The molecule has 0 radical (unpaired) electrons. The van der Waals surface area contributed by atoms with E-state index in [1.807, 2.05) is 6.88 Å². The van der Waals surface area contributed by atoms with Crippen molar-refractivity contribution < 1.29 is 23.6 Å². The topological polar surface area (TPSA) is 18.5 Å². The Hall–Kier alpha value is 1.30. The van der Waals surface area contributed by atoms with Crippen molar-refractivity contribution in [2.24, 2.45) is 0 Å². The first kappa shape index (κ1) is 21.6. The van der Waals surface area contributed by atoms with Crippen LogP contribution in [0.4, 0.5) is 0 Å². The van der Waals surface area contributed by atoms with Crippen LogP contribution in [0.2, 0.25) is 24.3 Å². The first-order valence-corrected chi connectivity index (χ1v) is 21.0. The molecule has 0 aromatic rings. The van der Waals surface area contributed by atoms with Gasteiger partial charge in [-0.05, 0) is 0 Å². The molecule has 0 saturated carbocycles. The van der Waals surface area contributed by atoms with Gasteiger partial charge in [-0.25, -0.2) is 0 Å². The summed E-state index contributed by atoms with van der Waals surface area (Å²) in [5.74, 6) is 0. The third-order valence-corrected chi connectivity index (χ3v) is 26.2. The molecule has 7 heteroatoms. The molecule has 0 fully saturated rings. The first-order valence-electron chi connectivity index (χ1n) is 5.93. The maximum atomic E-state index is 6.57. The van der Waals surface area contributed by atoms with E-state index in [2.05, 4.69) is 49.4 Å². The van der Waals surface area contributed by atoms with Gasteiger partial charge in [0.2, 0.25) is 0 Å². The Labute approximate surface area is 128 Å². The minimum absolute atomic E-state index is 0. The number of rotatable bonds is 5. The average Bonchev–Trinajstić information content (AvgIpc) is 2.50. The van der Waals surface area contributed by atoms with Gasteiger partial charge in [-0.1, -0.05) is 0 Å². The predicted molar refractivity (Wildman–Crippen MR) is 86.8 cm³/mol. The monoisotopic (exact) mass is 406 g/mol. The Morgan fingerprint density at radius 1 is 1.33 bits per heavy atom. The van der Waals surface area contributed by atoms with E-state index in [9.17, 15) is 0 Å². The predicted octanol–water partition coefficient (Wildman–Crippen LogP) is 3.68. The second-order valence-electron chi connectivity index (χ2n) is 5.74. The molecule has 0 spiro atoms. The smallest absolute Gasteiger partial charge is 0.147 e. The Bertz CT molecular complexity index is 402. The standard InChI is InChI=1S/C5H5.C3H9OSi.C2H5O.CH3.2ClH.H2Si.Zr/c1-2-4-5-3-1;1-5(2,3)4;1-2-3;;;;;/h1-3H,4H2;1-3H3;2H2,1H3;1H3;2*1H;1H2;/q;2*-1;;;;;+2. The van der Waals surface area contributed by atoms with Crippen LogP contribution in [-0.4, -0.2) is 21.8 Å². The Balaban J connectivity index is 0. The van der Waals surface area contributed by atoms with Crippen LogP contribution in [0.25, 0.3) is 0 Å². The van der Waals surface area contributed by atoms with Crippen molar-refractivity contribution in [2.45, 2.75) is 37.6 Å². The van der Waals surface area contributed by atoms with Gasteiger partial charge in [0.1, 0.15) is 0 Å². The minimum Gasteiger partial charge on any atom is -0.147 e. The normalized spacial score (nSPS) is 15.8. The summed E-state index contributed by atoms with van der Waals surface area (Å²) >= 11 is -3.51. The van der Waals surface area contributed by atoms with E-state index in [1.165, 1.54) is 3.28 Å². The van der Waals surface area contributed by atoms with Gasteiger partial charge < -0.3 is 0 Å². The second-order valence-corrected chi connectivity index (χ2v) is 32.3. The summed E-state index contributed by atoms with van der Waals surface area (Å²) in [5.41, 5.74) is 0. The van der Waals surface area contributed by atoms with Crippen molar-refractivity contribution in [1.82, 2.24) is 0 Å².